The number of benzene rings is 1. The molecule has 1 aromatic carbocycles. The van der Waals surface area contributed by atoms with Crippen LogP contribution < -0.4 is 4.74 Å². The summed E-state index contributed by atoms with van der Waals surface area (Å²) in [5, 5.41) is -4.61. The summed E-state index contributed by atoms with van der Waals surface area (Å²) in [5.74, 6) is -1.56. The molecule has 1 aromatic rings. The molecule has 0 spiro atoms. The standard InChI is InChI=1S/C15H18F2O7S/c1-4-14(2,3)13(19)24-11-7-5-10(6-8-11)12(18)23-9-15(16,17)25(20,21)22/h5-8H,4,9H2,1-3H3,(H,20,21,22). The molecule has 7 nitrogen and oxygen atoms in total. The Morgan fingerprint density at radius 1 is 1.16 bits per heavy atom. The van der Waals surface area contributed by atoms with Crippen LogP contribution in [0.4, 0.5) is 8.78 Å². The molecule has 10 heteroatoms. The zero-order chi connectivity index (χ0) is 19.5. The molecule has 1 N–H and O–H groups in total. The van der Waals surface area contributed by atoms with E-state index in [0.29, 0.717) is 6.42 Å². The van der Waals surface area contributed by atoms with Crippen molar-refractivity contribution < 1.29 is 40.8 Å². The molecule has 0 saturated carbocycles. The fraction of sp³-hybridized carbons (Fsp3) is 0.467. The second kappa shape index (κ2) is 7.44. The van der Waals surface area contributed by atoms with Gasteiger partial charge in [0.05, 0.1) is 11.0 Å². The number of halogens is 2. The van der Waals surface area contributed by atoms with Crippen LogP contribution in [0.25, 0.3) is 0 Å². The van der Waals surface area contributed by atoms with Gasteiger partial charge in [-0.1, -0.05) is 6.92 Å². The van der Waals surface area contributed by atoms with Gasteiger partial charge >= 0.3 is 27.3 Å². The molecule has 0 saturated heterocycles. The number of ether oxygens (including phenoxy) is 2. The Morgan fingerprint density at radius 2 is 1.68 bits per heavy atom. The first-order chi connectivity index (χ1) is 11.3. The first-order valence-electron chi connectivity index (χ1n) is 7.14. The van der Waals surface area contributed by atoms with E-state index in [2.05, 4.69) is 4.74 Å². The van der Waals surface area contributed by atoms with Crippen molar-refractivity contribution >= 4 is 22.1 Å². The Labute approximate surface area is 143 Å². The predicted octanol–water partition coefficient (Wildman–Crippen LogP) is 2.67. The van der Waals surface area contributed by atoms with Gasteiger partial charge < -0.3 is 9.47 Å². The molecule has 0 aromatic heterocycles. The van der Waals surface area contributed by atoms with Crippen molar-refractivity contribution in [2.75, 3.05) is 6.61 Å². The zero-order valence-electron chi connectivity index (χ0n) is 13.8. The van der Waals surface area contributed by atoms with Gasteiger partial charge in [0, 0.05) is 0 Å². The van der Waals surface area contributed by atoms with Crippen molar-refractivity contribution in [1.82, 2.24) is 0 Å². The monoisotopic (exact) mass is 380 g/mol. The largest absolute Gasteiger partial charge is 0.454 e. The molecular weight excluding hydrogens is 362 g/mol. The second-order valence-electron chi connectivity index (χ2n) is 5.84. The minimum atomic E-state index is -5.69. The first-order valence-corrected chi connectivity index (χ1v) is 8.58. The molecule has 0 amide bonds. The summed E-state index contributed by atoms with van der Waals surface area (Å²) < 4.78 is 64.4. The molecule has 0 unspecified atom stereocenters. The Morgan fingerprint density at radius 3 is 2.12 bits per heavy atom. The summed E-state index contributed by atoms with van der Waals surface area (Å²) in [5.41, 5.74) is -0.861. The number of hydrogen-bond acceptors (Lipinski definition) is 6. The lowest BCUT2D eigenvalue weighted by Crippen LogP contribution is -2.34. The van der Waals surface area contributed by atoms with Gasteiger partial charge in [0.1, 0.15) is 5.75 Å². The molecule has 0 aliphatic carbocycles. The van der Waals surface area contributed by atoms with Crippen molar-refractivity contribution in [3.8, 4) is 5.75 Å². The minimum Gasteiger partial charge on any atom is -0.454 e. The van der Waals surface area contributed by atoms with Crippen LogP contribution in [0.2, 0.25) is 0 Å². The van der Waals surface area contributed by atoms with Crippen molar-refractivity contribution in [3.05, 3.63) is 29.8 Å². The lowest BCUT2D eigenvalue weighted by molar-refractivity contribution is -0.144. The van der Waals surface area contributed by atoms with Gasteiger partial charge in [-0.15, -0.1) is 0 Å². The summed E-state index contributed by atoms with van der Waals surface area (Å²) in [7, 11) is -5.69. The van der Waals surface area contributed by atoms with E-state index in [9.17, 15) is 26.8 Å². The predicted molar refractivity (Wildman–Crippen MR) is 82.9 cm³/mol. The maximum atomic E-state index is 13.0. The maximum Gasteiger partial charge on any atom is 0.402 e. The highest BCUT2D eigenvalue weighted by Gasteiger charge is 2.45. The molecular formula is C15H18F2O7S. The number of rotatable bonds is 7. The Bertz CT molecular complexity index is 740. The lowest BCUT2D eigenvalue weighted by Gasteiger charge is -2.20. The van der Waals surface area contributed by atoms with Crippen LogP contribution >= 0.6 is 0 Å². The summed E-state index contributed by atoms with van der Waals surface area (Å²) in [4.78, 5) is 23.5. The van der Waals surface area contributed by atoms with Crippen molar-refractivity contribution in [2.24, 2.45) is 5.41 Å². The van der Waals surface area contributed by atoms with Crippen LogP contribution in [0.5, 0.6) is 5.75 Å². The van der Waals surface area contributed by atoms with Crippen LogP contribution in [0.1, 0.15) is 37.6 Å². The minimum absolute atomic E-state index is 0.145. The average Bonchev–Trinajstić information content (AvgIpc) is 2.52. The van der Waals surface area contributed by atoms with E-state index < -0.39 is 39.3 Å². The summed E-state index contributed by atoms with van der Waals surface area (Å²) >= 11 is 0. The van der Waals surface area contributed by atoms with Crippen molar-refractivity contribution in [2.45, 2.75) is 32.4 Å². The highest BCUT2D eigenvalue weighted by Crippen LogP contribution is 2.24. The van der Waals surface area contributed by atoms with Gasteiger partial charge in [0.2, 0.25) is 0 Å². The molecule has 1 rings (SSSR count). The van der Waals surface area contributed by atoms with Crippen molar-refractivity contribution in [3.63, 3.8) is 0 Å². The molecule has 0 fully saturated rings. The van der Waals surface area contributed by atoms with Gasteiger partial charge in [0.25, 0.3) is 0 Å². The highest BCUT2D eigenvalue weighted by atomic mass is 32.2. The molecule has 25 heavy (non-hydrogen) atoms. The summed E-state index contributed by atoms with van der Waals surface area (Å²) in [6.45, 7) is 3.40. The number of alkyl halides is 2. The van der Waals surface area contributed by atoms with E-state index >= 15 is 0 Å². The maximum absolute atomic E-state index is 13.0. The topological polar surface area (TPSA) is 107 Å². The van der Waals surface area contributed by atoms with Crippen LogP contribution in [-0.4, -0.2) is 36.8 Å². The van der Waals surface area contributed by atoms with E-state index in [-0.39, 0.29) is 11.3 Å². The van der Waals surface area contributed by atoms with Gasteiger partial charge in [-0.05, 0) is 44.5 Å². The highest BCUT2D eigenvalue weighted by molar-refractivity contribution is 7.86. The molecule has 0 aliphatic heterocycles. The molecule has 0 atom stereocenters. The summed E-state index contributed by atoms with van der Waals surface area (Å²) in [6.07, 6.45) is 0.554. The Balaban J connectivity index is 2.74. The van der Waals surface area contributed by atoms with Crippen molar-refractivity contribution in [1.29, 1.82) is 0 Å². The Kier molecular flexibility index (Phi) is 6.24. The Hall–Kier alpha value is -2.07. The fourth-order valence-electron chi connectivity index (χ4n) is 1.36. The third-order valence-electron chi connectivity index (χ3n) is 3.49. The number of carbonyl (C=O) groups excluding carboxylic acids is 2. The molecule has 0 aliphatic rings. The zero-order valence-corrected chi connectivity index (χ0v) is 14.6. The second-order valence-corrected chi connectivity index (χ2v) is 7.39. The SMILES string of the molecule is CCC(C)(C)C(=O)Oc1ccc(C(=O)OCC(F)(F)S(=O)(=O)O)cc1. The third kappa shape index (κ3) is 5.46. The lowest BCUT2D eigenvalue weighted by atomic mass is 9.91. The number of hydrogen-bond donors (Lipinski definition) is 1. The van der Waals surface area contributed by atoms with E-state index in [1.807, 2.05) is 6.92 Å². The van der Waals surface area contributed by atoms with Gasteiger partial charge in [-0.25, -0.2) is 4.79 Å². The molecule has 0 radical (unpaired) electrons. The van der Waals surface area contributed by atoms with Gasteiger partial charge in [-0.2, -0.15) is 17.2 Å². The summed E-state index contributed by atoms with van der Waals surface area (Å²) in [6, 6.07) is 4.85. The van der Waals surface area contributed by atoms with Gasteiger partial charge in [-0.3, -0.25) is 9.35 Å². The van der Waals surface area contributed by atoms with E-state index in [1.54, 1.807) is 13.8 Å². The smallest absolute Gasteiger partial charge is 0.402 e. The van der Waals surface area contributed by atoms with E-state index in [0.717, 1.165) is 12.1 Å². The van der Waals surface area contributed by atoms with E-state index in [1.165, 1.54) is 12.1 Å². The molecule has 140 valence electrons. The average molecular weight is 380 g/mol. The fourth-order valence-corrected chi connectivity index (χ4v) is 1.56. The number of carbonyl (C=O) groups is 2. The molecule has 0 heterocycles. The van der Waals surface area contributed by atoms with Crippen LogP contribution in [0, 0.1) is 5.41 Å². The quantitative estimate of drug-likeness (QED) is 0.440. The normalized spacial score (nSPS) is 12.6. The van der Waals surface area contributed by atoms with Crippen LogP contribution in [-0.2, 0) is 19.6 Å². The number of esters is 2. The third-order valence-corrected chi connectivity index (χ3v) is 4.36. The van der Waals surface area contributed by atoms with Crippen LogP contribution in [0.3, 0.4) is 0 Å². The van der Waals surface area contributed by atoms with E-state index in [4.69, 9.17) is 9.29 Å². The molecule has 0 bridgehead atoms. The first kappa shape index (κ1) is 21.0. The van der Waals surface area contributed by atoms with Gasteiger partial charge in [0.15, 0.2) is 6.61 Å². The van der Waals surface area contributed by atoms with Crippen LogP contribution in [0.15, 0.2) is 24.3 Å².